The highest BCUT2D eigenvalue weighted by molar-refractivity contribution is 7.80. The zero-order chi connectivity index (χ0) is 14.0. The van der Waals surface area contributed by atoms with Gasteiger partial charge in [0.15, 0.2) is 5.11 Å². The molecular weight excluding hydrogens is 276 g/mol. The van der Waals surface area contributed by atoms with Gasteiger partial charge >= 0.3 is 6.03 Å². The monoisotopic (exact) mass is 296 g/mol. The number of amides is 2. The van der Waals surface area contributed by atoms with E-state index in [-0.39, 0.29) is 18.4 Å². The first-order valence-corrected chi connectivity index (χ1v) is 7.65. The summed E-state index contributed by atoms with van der Waals surface area (Å²) < 4.78 is 0. The molecule has 0 saturated carbocycles. The number of hydrogen-bond acceptors (Lipinski definition) is 4. The molecule has 4 fully saturated rings. The fourth-order valence-corrected chi connectivity index (χ4v) is 4.02. The highest BCUT2D eigenvalue weighted by atomic mass is 32.1. The van der Waals surface area contributed by atoms with Crippen LogP contribution in [0.1, 0.15) is 13.8 Å². The van der Waals surface area contributed by atoms with Crippen molar-refractivity contribution in [2.75, 3.05) is 39.8 Å². The van der Waals surface area contributed by atoms with E-state index in [0.29, 0.717) is 13.3 Å². The molecule has 0 aliphatic carbocycles. The number of urea groups is 1. The van der Waals surface area contributed by atoms with Crippen molar-refractivity contribution in [3.8, 4) is 0 Å². The maximum Gasteiger partial charge on any atom is 0.325 e. The predicted molar refractivity (Wildman–Crippen MR) is 77.2 cm³/mol. The average molecular weight is 296 g/mol. The fraction of sp³-hybridized carbons (Fsp3) is 0.833. The molecule has 8 heteroatoms. The van der Waals surface area contributed by atoms with Crippen molar-refractivity contribution >= 4 is 23.4 Å². The van der Waals surface area contributed by atoms with E-state index in [9.17, 15) is 4.79 Å². The Morgan fingerprint density at radius 3 is 1.70 bits per heavy atom. The number of thiocarbonyl (C=S) groups is 1. The summed E-state index contributed by atoms with van der Waals surface area (Å²) in [6.07, 6.45) is 0.216. The largest absolute Gasteiger partial charge is 0.325 e. The zero-order valence-corrected chi connectivity index (χ0v) is 12.7. The molecule has 4 aliphatic rings. The van der Waals surface area contributed by atoms with Gasteiger partial charge in [-0.25, -0.2) is 4.79 Å². The van der Waals surface area contributed by atoms with Gasteiger partial charge < -0.3 is 9.80 Å². The molecule has 0 aromatic rings. The van der Waals surface area contributed by atoms with Crippen LogP contribution in [0.3, 0.4) is 0 Å². The Labute approximate surface area is 124 Å². The van der Waals surface area contributed by atoms with E-state index in [1.54, 1.807) is 0 Å². The summed E-state index contributed by atoms with van der Waals surface area (Å²) in [5.74, 6) is 0. The molecular formula is C12H20N6OS. The summed E-state index contributed by atoms with van der Waals surface area (Å²) >= 11 is 5.66. The summed E-state index contributed by atoms with van der Waals surface area (Å²) in [6, 6.07) is 0.147. The third-order valence-corrected chi connectivity index (χ3v) is 5.30. The smallest absolute Gasteiger partial charge is 0.311 e. The van der Waals surface area contributed by atoms with Gasteiger partial charge in [-0.3, -0.25) is 19.6 Å². The summed E-state index contributed by atoms with van der Waals surface area (Å²) in [5, 5.41) is 0.888. The molecule has 0 aromatic heterocycles. The van der Waals surface area contributed by atoms with Crippen LogP contribution in [-0.4, -0.2) is 92.6 Å². The lowest BCUT2D eigenvalue weighted by atomic mass is 10.3. The Morgan fingerprint density at radius 2 is 1.30 bits per heavy atom. The lowest BCUT2D eigenvalue weighted by Crippen LogP contribution is -2.60. The van der Waals surface area contributed by atoms with Crippen LogP contribution < -0.4 is 0 Å². The quantitative estimate of drug-likeness (QED) is 0.656. The van der Waals surface area contributed by atoms with Crippen molar-refractivity contribution in [1.29, 1.82) is 0 Å². The van der Waals surface area contributed by atoms with E-state index in [1.165, 1.54) is 0 Å². The van der Waals surface area contributed by atoms with Crippen molar-refractivity contribution < 1.29 is 4.79 Å². The van der Waals surface area contributed by atoms with Crippen LogP contribution in [0.5, 0.6) is 0 Å². The van der Waals surface area contributed by atoms with Crippen LogP contribution >= 0.6 is 12.2 Å². The molecule has 4 heterocycles. The lowest BCUT2D eigenvalue weighted by molar-refractivity contribution is -0.0211. The molecule has 0 spiro atoms. The highest BCUT2D eigenvalue weighted by Crippen LogP contribution is 2.39. The Balaban J connectivity index is 1.73. The molecule has 110 valence electrons. The van der Waals surface area contributed by atoms with Gasteiger partial charge in [0.1, 0.15) is 12.3 Å². The van der Waals surface area contributed by atoms with Crippen molar-refractivity contribution in [1.82, 2.24) is 29.4 Å². The van der Waals surface area contributed by atoms with Crippen molar-refractivity contribution in [2.24, 2.45) is 0 Å². The Kier molecular flexibility index (Phi) is 2.64. The molecule has 0 N–H and O–H groups in total. The average Bonchev–Trinajstić information content (AvgIpc) is 2.93. The van der Waals surface area contributed by atoms with Gasteiger partial charge in [-0.1, -0.05) is 13.8 Å². The molecule has 4 aliphatic heterocycles. The van der Waals surface area contributed by atoms with E-state index < -0.39 is 0 Å². The van der Waals surface area contributed by atoms with Gasteiger partial charge in [-0.2, -0.15) is 0 Å². The molecule has 0 radical (unpaired) electrons. The normalized spacial score (nSPS) is 33.5. The van der Waals surface area contributed by atoms with Gasteiger partial charge in [0.25, 0.3) is 0 Å². The van der Waals surface area contributed by atoms with E-state index in [4.69, 9.17) is 12.2 Å². The second-order valence-corrected chi connectivity index (χ2v) is 6.18. The Morgan fingerprint density at radius 1 is 0.900 bits per heavy atom. The first kappa shape index (κ1) is 12.6. The summed E-state index contributed by atoms with van der Waals surface area (Å²) in [7, 11) is 0. The highest BCUT2D eigenvalue weighted by Gasteiger charge is 2.61. The van der Waals surface area contributed by atoms with E-state index in [1.807, 2.05) is 9.80 Å². The second-order valence-electron chi connectivity index (χ2n) is 5.81. The molecule has 0 bridgehead atoms. The van der Waals surface area contributed by atoms with Crippen LogP contribution in [-0.2, 0) is 0 Å². The van der Waals surface area contributed by atoms with Crippen LogP contribution in [0.4, 0.5) is 4.79 Å². The third-order valence-electron chi connectivity index (χ3n) is 4.83. The molecule has 20 heavy (non-hydrogen) atoms. The Hall–Kier alpha value is -1.12. The minimum Gasteiger partial charge on any atom is -0.311 e. The minimum absolute atomic E-state index is 0.108. The molecule has 2 unspecified atom stereocenters. The molecule has 0 aromatic carbocycles. The standard InChI is InChI=1S/C12H20N6OS/c1-3-13-5-15-9-10-16(11(15)19)6-14(4-2)8-18(10)12(20)17(9)7-13/h9-10H,3-8H2,1-2H3. The van der Waals surface area contributed by atoms with Crippen molar-refractivity contribution in [3.63, 3.8) is 0 Å². The molecule has 4 saturated heterocycles. The zero-order valence-electron chi connectivity index (χ0n) is 11.9. The maximum atomic E-state index is 12.7. The lowest BCUT2D eigenvalue weighted by Gasteiger charge is -2.43. The minimum atomic E-state index is 0.108. The van der Waals surface area contributed by atoms with Gasteiger partial charge in [0, 0.05) is 0 Å². The van der Waals surface area contributed by atoms with Crippen molar-refractivity contribution in [2.45, 2.75) is 26.2 Å². The molecule has 4 rings (SSSR count). The van der Waals surface area contributed by atoms with Gasteiger partial charge in [0.2, 0.25) is 0 Å². The van der Waals surface area contributed by atoms with E-state index >= 15 is 0 Å². The van der Waals surface area contributed by atoms with Crippen LogP contribution in [0, 0.1) is 0 Å². The van der Waals surface area contributed by atoms with Gasteiger partial charge in [-0.15, -0.1) is 0 Å². The fourth-order valence-electron chi connectivity index (χ4n) is 3.69. The topological polar surface area (TPSA) is 36.5 Å². The number of carbonyl (C=O) groups excluding carboxylic acids is 1. The van der Waals surface area contributed by atoms with Gasteiger partial charge in [-0.05, 0) is 25.3 Å². The molecule has 2 atom stereocenters. The first-order valence-electron chi connectivity index (χ1n) is 7.25. The number of rotatable bonds is 2. The maximum absolute atomic E-state index is 12.7. The Bertz CT molecular complexity index is 399. The van der Waals surface area contributed by atoms with Crippen molar-refractivity contribution in [3.05, 3.63) is 0 Å². The molecule has 2 amide bonds. The van der Waals surface area contributed by atoms with Crippen LogP contribution in [0.2, 0.25) is 0 Å². The number of carbonyl (C=O) groups is 1. The van der Waals surface area contributed by atoms with Crippen LogP contribution in [0.25, 0.3) is 0 Å². The van der Waals surface area contributed by atoms with Crippen LogP contribution in [0.15, 0.2) is 0 Å². The molecule has 7 nitrogen and oxygen atoms in total. The number of hydrogen-bond donors (Lipinski definition) is 0. The van der Waals surface area contributed by atoms with E-state index in [2.05, 4.69) is 33.4 Å². The predicted octanol–water partition coefficient (Wildman–Crippen LogP) is -0.220. The second kappa shape index (κ2) is 4.19. The summed E-state index contributed by atoms with van der Waals surface area (Å²) in [4.78, 5) is 25.6. The summed E-state index contributed by atoms with van der Waals surface area (Å²) in [5.41, 5.74) is 0. The third kappa shape index (κ3) is 1.41. The number of nitrogens with zero attached hydrogens (tertiary/aromatic N) is 6. The SMILES string of the molecule is CCN1CN2C(=O)N3CN(CC)CN4C(=S)N(C1)C2C34. The first-order chi connectivity index (χ1) is 9.65. The summed E-state index contributed by atoms with van der Waals surface area (Å²) in [6.45, 7) is 9.20. The van der Waals surface area contributed by atoms with E-state index in [0.717, 1.165) is 31.5 Å². The van der Waals surface area contributed by atoms with Gasteiger partial charge in [0.05, 0.1) is 26.7 Å².